The fraction of sp³-hybridized carbons (Fsp3) is 0.667. The molecule has 1 aromatic heterocycles. The van der Waals surface area contributed by atoms with Gasteiger partial charge in [0, 0.05) is 26.4 Å². The molecular weight excluding hydrogens is 218 g/mol. The van der Waals surface area contributed by atoms with Gasteiger partial charge in [-0.1, -0.05) is 6.92 Å². The van der Waals surface area contributed by atoms with Crippen LogP contribution < -0.4 is 5.32 Å². The molecule has 94 valence electrons. The molecule has 0 aliphatic carbocycles. The topological polar surface area (TPSA) is 56.1 Å². The minimum Gasteiger partial charge on any atom is -0.380 e. The molecule has 0 aromatic carbocycles. The number of ketones is 1. The molecule has 1 N–H and O–H groups in total. The first-order chi connectivity index (χ1) is 8.24. The first-order valence-electron chi connectivity index (χ1n) is 6.07. The maximum atomic E-state index is 12.2. The molecule has 1 aromatic rings. The summed E-state index contributed by atoms with van der Waals surface area (Å²) in [4.78, 5) is 12.2. The molecule has 0 spiro atoms. The Labute approximate surface area is 101 Å². The molecule has 2 unspecified atom stereocenters. The van der Waals surface area contributed by atoms with Crippen LogP contribution in [0.1, 0.15) is 30.1 Å². The lowest BCUT2D eigenvalue weighted by Crippen LogP contribution is -2.30. The Hall–Kier alpha value is -1.20. The minimum atomic E-state index is -0.126. The van der Waals surface area contributed by atoms with Crippen molar-refractivity contribution in [1.82, 2.24) is 15.1 Å². The average molecular weight is 237 g/mol. The number of hydrogen-bond donors (Lipinski definition) is 1. The van der Waals surface area contributed by atoms with Gasteiger partial charge in [-0.05, 0) is 12.8 Å². The highest BCUT2D eigenvalue weighted by Crippen LogP contribution is 2.14. The number of hydrogen-bond acceptors (Lipinski definition) is 4. The molecule has 2 heterocycles. The molecule has 0 amide bonds. The predicted molar refractivity (Wildman–Crippen MR) is 64.1 cm³/mol. The number of aromatic nitrogens is 2. The first-order valence-corrected chi connectivity index (χ1v) is 6.07. The summed E-state index contributed by atoms with van der Waals surface area (Å²) in [6.07, 6.45) is 5.39. The van der Waals surface area contributed by atoms with Gasteiger partial charge in [-0.3, -0.25) is 9.48 Å². The number of carbonyl (C=O) groups excluding carboxylic acids is 1. The van der Waals surface area contributed by atoms with Crippen LogP contribution >= 0.6 is 0 Å². The van der Waals surface area contributed by atoms with Gasteiger partial charge in [0.2, 0.25) is 0 Å². The van der Waals surface area contributed by atoms with E-state index in [1.807, 2.05) is 10.9 Å². The summed E-state index contributed by atoms with van der Waals surface area (Å²) < 4.78 is 7.05. The predicted octanol–water partition coefficient (Wildman–Crippen LogP) is 0.853. The van der Waals surface area contributed by atoms with Crippen molar-refractivity contribution in [3.05, 3.63) is 18.0 Å². The van der Waals surface area contributed by atoms with Gasteiger partial charge in [0.25, 0.3) is 0 Å². The van der Waals surface area contributed by atoms with E-state index in [2.05, 4.69) is 17.3 Å². The zero-order chi connectivity index (χ0) is 12.3. The minimum absolute atomic E-state index is 0.118. The number of nitrogens with zero attached hydrogens (tertiary/aromatic N) is 2. The Morgan fingerprint density at radius 3 is 3.18 bits per heavy atom. The van der Waals surface area contributed by atoms with E-state index in [-0.39, 0.29) is 17.9 Å². The SMILES string of the molecule is CCCn1cc(C(=O)C2CC(OC)CN2)cn1. The third-order valence-corrected chi connectivity index (χ3v) is 3.11. The zero-order valence-corrected chi connectivity index (χ0v) is 10.3. The number of aryl methyl sites for hydroxylation is 1. The summed E-state index contributed by atoms with van der Waals surface area (Å²) in [7, 11) is 1.68. The molecule has 5 heteroatoms. The van der Waals surface area contributed by atoms with Gasteiger partial charge in [0.05, 0.1) is 23.9 Å². The molecule has 1 aliphatic rings. The molecule has 1 saturated heterocycles. The number of rotatable bonds is 5. The number of nitrogens with one attached hydrogen (secondary N) is 1. The van der Waals surface area contributed by atoms with E-state index in [1.165, 1.54) is 0 Å². The Bertz CT molecular complexity index is 389. The van der Waals surface area contributed by atoms with Gasteiger partial charge in [-0.25, -0.2) is 0 Å². The summed E-state index contributed by atoms with van der Waals surface area (Å²) in [6.45, 7) is 3.69. The van der Waals surface area contributed by atoms with Crippen LogP contribution in [0.2, 0.25) is 0 Å². The monoisotopic (exact) mass is 237 g/mol. The maximum Gasteiger partial charge on any atom is 0.182 e. The summed E-state index contributed by atoms with van der Waals surface area (Å²) in [5, 5.41) is 7.36. The van der Waals surface area contributed by atoms with Crippen LogP contribution in [0.4, 0.5) is 0 Å². The summed E-state index contributed by atoms with van der Waals surface area (Å²) in [6, 6.07) is -0.126. The van der Waals surface area contributed by atoms with Crippen LogP contribution in [-0.2, 0) is 11.3 Å². The van der Waals surface area contributed by atoms with E-state index < -0.39 is 0 Å². The molecule has 0 bridgehead atoms. The van der Waals surface area contributed by atoms with Crippen molar-refractivity contribution in [2.75, 3.05) is 13.7 Å². The highest BCUT2D eigenvalue weighted by atomic mass is 16.5. The van der Waals surface area contributed by atoms with Gasteiger partial charge in [-0.15, -0.1) is 0 Å². The smallest absolute Gasteiger partial charge is 0.182 e. The fourth-order valence-corrected chi connectivity index (χ4v) is 2.13. The Balaban J connectivity index is 1.99. The third kappa shape index (κ3) is 2.73. The molecule has 0 saturated carbocycles. The Morgan fingerprint density at radius 2 is 2.53 bits per heavy atom. The van der Waals surface area contributed by atoms with Gasteiger partial charge in [0.15, 0.2) is 5.78 Å². The van der Waals surface area contributed by atoms with Crippen LogP contribution in [0, 0.1) is 0 Å². The van der Waals surface area contributed by atoms with E-state index >= 15 is 0 Å². The maximum absolute atomic E-state index is 12.2. The molecule has 5 nitrogen and oxygen atoms in total. The highest BCUT2D eigenvalue weighted by Gasteiger charge is 2.30. The Morgan fingerprint density at radius 1 is 1.71 bits per heavy atom. The Kier molecular flexibility index (Phi) is 3.91. The molecule has 2 atom stereocenters. The molecule has 1 fully saturated rings. The van der Waals surface area contributed by atoms with Crippen LogP contribution in [0.15, 0.2) is 12.4 Å². The lowest BCUT2D eigenvalue weighted by atomic mass is 10.1. The quantitative estimate of drug-likeness (QED) is 0.771. The van der Waals surface area contributed by atoms with Crippen molar-refractivity contribution in [3.8, 4) is 0 Å². The van der Waals surface area contributed by atoms with E-state index in [0.717, 1.165) is 25.9 Å². The highest BCUT2D eigenvalue weighted by molar-refractivity contribution is 5.99. The van der Waals surface area contributed by atoms with Crippen LogP contribution in [0.25, 0.3) is 0 Å². The van der Waals surface area contributed by atoms with Gasteiger partial charge < -0.3 is 10.1 Å². The summed E-state index contributed by atoms with van der Waals surface area (Å²) >= 11 is 0. The standard InChI is InChI=1S/C12H19N3O2/c1-3-4-15-8-9(6-14-15)12(16)11-5-10(17-2)7-13-11/h6,8,10-11,13H,3-5,7H2,1-2H3. The second-order valence-corrected chi connectivity index (χ2v) is 4.41. The van der Waals surface area contributed by atoms with Crippen LogP contribution in [0.3, 0.4) is 0 Å². The number of Topliss-reactive ketones (excluding diaryl/α,β-unsaturated/α-hetero) is 1. The van der Waals surface area contributed by atoms with Crippen molar-refractivity contribution in [2.24, 2.45) is 0 Å². The second kappa shape index (κ2) is 5.42. The van der Waals surface area contributed by atoms with Gasteiger partial charge >= 0.3 is 0 Å². The number of ether oxygens (including phenoxy) is 1. The van der Waals surface area contributed by atoms with Crippen LogP contribution in [-0.4, -0.2) is 41.4 Å². The summed E-state index contributed by atoms with van der Waals surface area (Å²) in [5.74, 6) is 0.118. The first kappa shape index (κ1) is 12.3. The van der Waals surface area contributed by atoms with Crippen molar-refractivity contribution in [3.63, 3.8) is 0 Å². The molecule has 0 radical (unpaired) electrons. The van der Waals surface area contributed by atoms with E-state index in [9.17, 15) is 4.79 Å². The second-order valence-electron chi connectivity index (χ2n) is 4.41. The third-order valence-electron chi connectivity index (χ3n) is 3.11. The van der Waals surface area contributed by atoms with E-state index in [1.54, 1.807) is 13.3 Å². The molecular formula is C12H19N3O2. The summed E-state index contributed by atoms with van der Waals surface area (Å²) in [5.41, 5.74) is 0.688. The molecule has 17 heavy (non-hydrogen) atoms. The lowest BCUT2D eigenvalue weighted by Gasteiger charge is -2.07. The number of methoxy groups -OCH3 is 1. The zero-order valence-electron chi connectivity index (χ0n) is 10.3. The van der Waals surface area contributed by atoms with Crippen molar-refractivity contribution in [2.45, 2.75) is 38.5 Å². The van der Waals surface area contributed by atoms with Crippen molar-refractivity contribution in [1.29, 1.82) is 0 Å². The fourth-order valence-electron chi connectivity index (χ4n) is 2.13. The lowest BCUT2D eigenvalue weighted by molar-refractivity contribution is 0.0918. The van der Waals surface area contributed by atoms with Gasteiger partial charge in [-0.2, -0.15) is 5.10 Å². The molecule has 2 rings (SSSR count). The van der Waals surface area contributed by atoms with E-state index in [0.29, 0.717) is 5.56 Å². The largest absolute Gasteiger partial charge is 0.380 e. The number of carbonyl (C=O) groups is 1. The van der Waals surface area contributed by atoms with Gasteiger partial charge in [0.1, 0.15) is 0 Å². The van der Waals surface area contributed by atoms with Crippen LogP contribution in [0.5, 0.6) is 0 Å². The molecule has 1 aliphatic heterocycles. The van der Waals surface area contributed by atoms with Crippen molar-refractivity contribution < 1.29 is 9.53 Å². The average Bonchev–Trinajstić information content (AvgIpc) is 2.97. The van der Waals surface area contributed by atoms with Crippen molar-refractivity contribution >= 4 is 5.78 Å². The van der Waals surface area contributed by atoms with E-state index in [4.69, 9.17) is 4.74 Å². The normalized spacial score (nSPS) is 24.1.